The number of methoxy groups -OCH3 is 1. The van der Waals surface area contributed by atoms with Gasteiger partial charge in [-0.1, -0.05) is 43.2 Å². The van der Waals surface area contributed by atoms with E-state index in [1.54, 1.807) is 7.11 Å². The molecule has 140 valence electrons. The van der Waals surface area contributed by atoms with Crippen LogP contribution in [-0.2, 0) is 11.2 Å². The van der Waals surface area contributed by atoms with Crippen molar-refractivity contribution in [2.75, 3.05) is 13.7 Å². The maximum absolute atomic E-state index is 13.1. The van der Waals surface area contributed by atoms with Crippen molar-refractivity contribution < 1.29 is 13.9 Å². The number of hydrogen-bond donors (Lipinski definition) is 0. The molecule has 0 spiro atoms. The van der Waals surface area contributed by atoms with Gasteiger partial charge >= 0.3 is 0 Å². The van der Waals surface area contributed by atoms with E-state index in [0.717, 1.165) is 48.3 Å². The molecule has 0 radical (unpaired) electrons. The average Bonchev–Trinajstić information content (AvgIpc) is 2.94. The first-order valence-corrected chi connectivity index (χ1v) is 9.65. The Morgan fingerprint density at radius 1 is 1.11 bits per heavy atom. The van der Waals surface area contributed by atoms with Crippen molar-refractivity contribution in [3.63, 3.8) is 0 Å². The van der Waals surface area contributed by atoms with Crippen molar-refractivity contribution >= 4 is 16.9 Å². The van der Waals surface area contributed by atoms with Crippen LogP contribution in [0.2, 0.25) is 0 Å². The molecule has 4 heteroatoms. The zero-order valence-electron chi connectivity index (χ0n) is 15.7. The number of carbonyl (C=O) groups excluding carboxylic acids is 1. The number of ether oxygens (including phenoxy) is 1. The van der Waals surface area contributed by atoms with E-state index in [9.17, 15) is 4.79 Å². The fraction of sp³-hybridized carbons (Fsp3) is 0.348. The van der Waals surface area contributed by atoms with E-state index in [1.165, 1.54) is 12.0 Å². The summed E-state index contributed by atoms with van der Waals surface area (Å²) in [5, 5.41) is 1.04. The van der Waals surface area contributed by atoms with Crippen LogP contribution in [0.3, 0.4) is 0 Å². The van der Waals surface area contributed by atoms with Gasteiger partial charge in [0.25, 0.3) is 0 Å². The van der Waals surface area contributed by atoms with Crippen LogP contribution in [0.15, 0.2) is 59.0 Å². The molecule has 1 aliphatic rings. The van der Waals surface area contributed by atoms with Gasteiger partial charge in [0.05, 0.1) is 19.6 Å². The Morgan fingerprint density at radius 2 is 1.93 bits per heavy atom. The predicted octanol–water partition coefficient (Wildman–Crippen LogP) is 5.13. The Balaban J connectivity index is 1.56. The van der Waals surface area contributed by atoms with E-state index < -0.39 is 0 Å². The SMILES string of the molecule is COc1ccc([C@@H]2CCCCCN2C(=O)Cc2cc3ccccc3o2)cc1. The molecule has 0 saturated carbocycles. The lowest BCUT2D eigenvalue weighted by molar-refractivity contribution is -0.133. The number of hydrogen-bond acceptors (Lipinski definition) is 3. The molecule has 1 saturated heterocycles. The molecule has 0 N–H and O–H groups in total. The summed E-state index contributed by atoms with van der Waals surface area (Å²) in [6, 6.07) is 18.1. The maximum Gasteiger partial charge on any atom is 0.230 e. The molecule has 3 aromatic rings. The summed E-state index contributed by atoms with van der Waals surface area (Å²) in [5.41, 5.74) is 2.01. The van der Waals surface area contributed by atoms with Crippen LogP contribution in [-0.4, -0.2) is 24.5 Å². The van der Waals surface area contributed by atoms with Gasteiger partial charge in [-0.2, -0.15) is 0 Å². The number of likely N-dealkylation sites (tertiary alicyclic amines) is 1. The zero-order valence-corrected chi connectivity index (χ0v) is 15.7. The fourth-order valence-corrected chi connectivity index (χ4v) is 3.95. The lowest BCUT2D eigenvalue weighted by atomic mass is 10.00. The standard InChI is InChI=1S/C23H25NO3/c1-26-19-12-10-17(11-13-19)21-8-3-2-6-14-24(21)23(25)16-20-15-18-7-4-5-9-22(18)27-20/h4-5,7,9-13,15,21H,2-3,6,8,14,16H2,1H3/t21-/m0/s1. The Hall–Kier alpha value is -2.75. The molecule has 4 rings (SSSR count). The summed E-state index contributed by atoms with van der Waals surface area (Å²) in [5.74, 6) is 1.71. The minimum absolute atomic E-state index is 0.121. The lowest BCUT2D eigenvalue weighted by Crippen LogP contribution is -2.35. The largest absolute Gasteiger partial charge is 0.497 e. The summed E-state index contributed by atoms with van der Waals surface area (Å²) in [7, 11) is 1.67. The summed E-state index contributed by atoms with van der Waals surface area (Å²) in [6.07, 6.45) is 4.67. The molecule has 4 nitrogen and oxygen atoms in total. The van der Waals surface area contributed by atoms with E-state index in [4.69, 9.17) is 9.15 Å². The third-order valence-electron chi connectivity index (χ3n) is 5.38. The minimum Gasteiger partial charge on any atom is -0.497 e. The van der Waals surface area contributed by atoms with Crippen LogP contribution >= 0.6 is 0 Å². The number of nitrogens with zero attached hydrogens (tertiary/aromatic N) is 1. The Morgan fingerprint density at radius 3 is 2.70 bits per heavy atom. The number of benzene rings is 2. The second-order valence-corrected chi connectivity index (χ2v) is 7.15. The molecule has 1 aromatic heterocycles. The normalized spacial score (nSPS) is 17.7. The second kappa shape index (κ2) is 7.87. The average molecular weight is 363 g/mol. The zero-order chi connectivity index (χ0) is 18.6. The molecule has 27 heavy (non-hydrogen) atoms. The summed E-state index contributed by atoms with van der Waals surface area (Å²) >= 11 is 0. The Kier molecular flexibility index (Phi) is 5.14. The number of rotatable bonds is 4. The number of carbonyl (C=O) groups is 1. The van der Waals surface area contributed by atoms with E-state index in [-0.39, 0.29) is 11.9 Å². The van der Waals surface area contributed by atoms with Gasteiger partial charge in [0.15, 0.2) is 0 Å². The van der Waals surface area contributed by atoms with Gasteiger partial charge < -0.3 is 14.1 Å². The number of amides is 1. The van der Waals surface area contributed by atoms with Crippen molar-refractivity contribution in [3.05, 3.63) is 65.9 Å². The minimum atomic E-state index is 0.121. The molecule has 1 atom stereocenters. The second-order valence-electron chi connectivity index (χ2n) is 7.15. The predicted molar refractivity (Wildman–Crippen MR) is 106 cm³/mol. The summed E-state index contributed by atoms with van der Waals surface area (Å²) < 4.78 is 11.1. The van der Waals surface area contributed by atoms with Crippen LogP contribution in [0.4, 0.5) is 0 Å². The van der Waals surface area contributed by atoms with Crippen LogP contribution in [0.5, 0.6) is 5.75 Å². The number of furan rings is 1. The van der Waals surface area contributed by atoms with Gasteiger partial charge in [0.1, 0.15) is 17.1 Å². The first-order chi connectivity index (χ1) is 13.2. The van der Waals surface area contributed by atoms with Gasteiger partial charge in [0.2, 0.25) is 5.91 Å². The smallest absolute Gasteiger partial charge is 0.230 e. The van der Waals surface area contributed by atoms with Gasteiger partial charge in [-0.15, -0.1) is 0 Å². The third kappa shape index (κ3) is 3.85. The molecule has 1 amide bonds. The van der Waals surface area contributed by atoms with Crippen molar-refractivity contribution in [2.24, 2.45) is 0 Å². The van der Waals surface area contributed by atoms with Gasteiger partial charge in [0, 0.05) is 11.9 Å². The van der Waals surface area contributed by atoms with E-state index in [2.05, 4.69) is 12.1 Å². The quantitative estimate of drug-likeness (QED) is 0.645. The van der Waals surface area contributed by atoms with E-state index >= 15 is 0 Å². The highest BCUT2D eigenvalue weighted by atomic mass is 16.5. The van der Waals surface area contributed by atoms with Crippen LogP contribution < -0.4 is 4.74 Å². The molecule has 0 bridgehead atoms. The Bertz CT molecular complexity index is 880. The van der Waals surface area contributed by atoms with Gasteiger partial charge in [-0.25, -0.2) is 0 Å². The molecule has 0 unspecified atom stereocenters. The highest BCUT2D eigenvalue weighted by Crippen LogP contribution is 2.32. The highest BCUT2D eigenvalue weighted by Gasteiger charge is 2.27. The van der Waals surface area contributed by atoms with Crippen molar-refractivity contribution in [1.82, 2.24) is 4.90 Å². The van der Waals surface area contributed by atoms with Crippen molar-refractivity contribution in [2.45, 2.75) is 38.1 Å². The van der Waals surface area contributed by atoms with Crippen LogP contribution in [0.25, 0.3) is 11.0 Å². The summed E-state index contributed by atoms with van der Waals surface area (Å²) in [6.45, 7) is 0.801. The first kappa shape index (κ1) is 17.7. The van der Waals surface area contributed by atoms with E-state index in [0.29, 0.717) is 6.42 Å². The third-order valence-corrected chi connectivity index (χ3v) is 5.38. The maximum atomic E-state index is 13.1. The van der Waals surface area contributed by atoms with Gasteiger partial charge in [-0.3, -0.25) is 4.79 Å². The molecule has 1 fully saturated rings. The van der Waals surface area contributed by atoms with Gasteiger partial charge in [-0.05, 0) is 42.7 Å². The monoisotopic (exact) mass is 363 g/mol. The van der Waals surface area contributed by atoms with E-state index in [1.807, 2.05) is 47.4 Å². The molecule has 0 aliphatic carbocycles. The van der Waals surface area contributed by atoms with Crippen LogP contribution in [0, 0.1) is 0 Å². The van der Waals surface area contributed by atoms with Crippen molar-refractivity contribution in [1.29, 1.82) is 0 Å². The first-order valence-electron chi connectivity index (χ1n) is 9.65. The lowest BCUT2D eigenvalue weighted by Gasteiger charge is -2.30. The van der Waals surface area contributed by atoms with Crippen LogP contribution in [0.1, 0.15) is 43.0 Å². The number of fused-ring (bicyclic) bond motifs is 1. The molecular formula is C23H25NO3. The molecular weight excluding hydrogens is 338 g/mol. The summed E-state index contributed by atoms with van der Waals surface area (Å²) in [4.78, 5) is 15.2. The molecule has 2 heterocycles. The highest BCUT2D eigenvalue weighted by molar-refractivity contribution is 5.82. The molecule has 2 aromatic carbocycles. The number of para-hydroxylation sites is 1. The topological polar surface area (TPSA) is 42.7 Å². The van der Waals surface area contributed by atoms with Crippen molar-refractivity contribution in [3.8, 4) is 5.75 Å². The molecule has 1 aliphatic heterocycles. The fourth-order valence-electron chi connectivity index (χ4n) is 3.95. The Labute approximate surface area is 159 Å².